The van der Waals surface area contributed by atoms with Crippen LogP contribution in [0.15, 0.2) is 0 Å². The first-order valence-electron chi connectivity index (χ1n) is 4.66. The summed E-state index contributed by atoms with van der Waals surface area (Å²) in [6.07, 6.45) is 1.25. The van der Waals surface area contributed by atoms with E-state index in [2.05, 4.69) is 11.9 Å². The normalized spacial score (nSPS) is 9.77. The monoisotopic (exact) mass is 297 g/mol. The minimum atomic E-state index is 0. The van der Waals surface area contributed by atoms with E-state index in [1.54, 1.807) is 13.8 Å². The van der Waals surface area contributed by atoms with Gasteiger partial charge in [-0.15, -0.1) is 13.2 Å². The van der Waals surface area contributed by atoms with Crippen molar-refractivity contribution in [1.82, 2.24) is 0 Å². The van der Waals surface area contributed by atoms with Gasteiger partial charge in [-0.1, -0.05) is 13.8 Å². The maximum atomic E-state index is 8.93. The van der Waals surface area contributed by atoms with Gasteiger partial charge in [-0.3, -0.25) is 0 Å². The molecule has 0 aromatic rings. The van der Waals surface area contributed by atoms with Crippen LogP contribution in [0.5, 0.6) is 0 Å². The van der Waals surface area contributed by atoms with Crippen molar-refractivity contribution in [2.75, 3.05) is 13.2 Å². The molecular weight excluding hydrogens is 273 g/mol. The van der Waals surface area contributed by atoms with E-state index in [9.17, 15) is 0 Å². The van der Waals surface area contributed by atoms with Gasteiger partial charge in [-0.05, 0) is 0 Å². The molecule has 0 spiro atoms. The van der Waals surface area contributed by atoms with Gasteiger partial charge in [0.1, 0.15) is 0 Å². The fourth-order valence-electron chi connectivity index (χ4n) is 0.372. The third-order valence-electron chi connectivity index (χ3n) is 0.850. The molecule has 0 aromatic carbocycles. The first-order valence-corrected chi connectivity index (χ1v) is 9.54. The molecule has 1 unspecified atom stereocenters. The van der Waals surface area contributed by atoms with Crippen molar-refractivity contribution in [2.24, 2.45) is 5.73 Å². The molecule has 0 aliphatic rings. The second kappa shape index (κ2) is 23.0. The third kappa shape index (κ3) is 66.0. The average molecular weight is 296 g/mol. The Morgan fingerprint density at radius 1 is 1.23 bits per heavy atom. The standard InChI is InChI=1S/C4H10N.2C2H5O.CH3.Sn/c1-3-4(2)5;2*1-2-3;;/h4H,1,3,5H2,2H3;2*2H2,1H3;1H3;/q;2*-1;;+2. The van der Waals surface area contributed by atoms with Crippen molar-refractivity contribution >= 4 is 21.1 Å². The van der Waals surface area contributed by atoms with Gasteiger partial charge in [-0.25, -0.2) is 0 Å². The van der Waals surface area contributed by atoms with E-state index < -0.39 is 0 Å². The summed E-state index contributed by atoms with van der Waals surface area (Å²) in [6.45, 7) is 5.22. The van der Waals surface area contributed by atoms with Crippen LogP contribution in [0.1, 0.15) is 27.2 Å². The molecule has 13 heavy (non-hydrogen) atoms. The number of hydrogen-bond acceptors (Lipinski definition) is 3. The van der Waals surface area contributed by atoms with Crippen molar-refractivity contribution in [2.45, 2.75) is 42.6 Å². The summed E-state index contributed by atoms with van der Waals surface area (Å²) >= 11 is 0.0730. The Kier molecular flexibility index (Phi) is 34.1. The van der Waals surface area contributed by atoms with E-state index >= 15 is 0 Å². The molecule has 3 nitrogen and oxygen atoms in total. The van der Waals surface area contributed by atoms with Gasteiger partial charge >= 0.3 is 55.6 Å². The zero-order valence-electron chi connectivity index (χ0n) is 9.30. The number of nitrogens with two attached hydrogens (primary N) is 1. The Balaban J connectivity index is -0.000000140. The van der Waals surface area contributed by atoms with Gasteiger partial charge < -0.3 is 10.2 Å². The van der Waals surface area contributed by atoms with Crippen LogP contribution in [0.3, 0.4) is 0 Å². The third-order valence-corrected chi connectivity index (χ3v) is 3.10. The van der Waals surface area contributed by atoms with E-state index in [4.69, 9.17) is 15.9 Å². The van der Waals surface area contributed by atoms with Crippen LogP contribution < -0.4 is 15.9 Å². The molecule has 0 aliphatic carbocycles. The maximum absolute atomic E-state index is 8.93. The van der Waals surface area contributed by atoms with Crippen LogP contribution in [0.4, 0.5) is 0 Å². The van der Waals surface area contributed by atoms with Crippen molar-refractivity contribution < 1.29 is 10.2 Å². The molecule has 0 bridgehead atoms. The summed E-state index contributed by atoms with van der Waals surface area (Å²) in [4.78, 5) is 2.35. The Morgan fingerprint density at radius 3 is 1.62 bits per heavy atom. The first kappa shape index (κ1) is 19.3. The van der Waals surface area contributed by atoms with E-state index in [-0.39, 0.29) is 34.4 Å². The average Bonchev–Trinajstić information content (AvgIpc) is 2.04. The van der Waals surface area contributed by atoms with E-state index in [1.165, 1.54) is 10.9 Å². The van der Waals surface area contributed by atoms with Crippen LogP contribution in [-0.2, 0) is 0 Å². The van der Waals surface area contributed by atoms with Crippen molar-refractivity contribution in [3.8, 4) is 0 Å². The predicted molar refractivity (Wildman–Crippen MR) is 55.8 cm³/mol. The molecule has 0 rings (SSSR count). The Bertz CT molecular complexity index is 61.6. The van der Waals surface area contributed by atoms with Gasteiger partial charge in [0, 0.05) is 0 Å². The molecule has 0 radical (unpaired) electrons. The van der Waals surface area contributed by atoms with Crippen molar-refractivity contribution in [3.05, 3.63) is 0 Å². The Hall–Kier alpha value is 0.679. The topological polar surface area (TPSA) is 72.1 Å². The second-order valence-electron chi connectivity index (χ2n) is 2.45. The van der Waals surface area contributed by atoms with E-state index in [0.717, 1.165) is 0 Å². The predicted octanol–water partition coefficient (Wildman–Crippen LogP) is -0.372. The van der Waals surface area contributed by atoms with E-state index in [1.807, 2.05) is 0 Å². The molecule has 0 saturated carbocycles. The minimum absolute atomic E-state index is 0. The summed E-state index contributed by atoms with van der Waals surface area (Å²) in [6, 6.07) is 0.445. The summed E-state index contributed by atoms with van der Waals surface area (Å²) in [5.41, 5.74) is 5.51. The van der Waals surface area contributed by atoms with Crippen molar-refractivity contribution in [1.29, 1.82) is 0 Å². The molecular formula is C9H23NO2Sn. The van der Waals surface area contributed by atoms with Crippen LogP contribution in [-0.4, -0.2) is 40.4 Å². The fraction of sp³-hybridized carbons (Fsp3) is 1.00. The number of rotatable bonds is 3. The molecule has 0 aliphatic heterocycles. The van der Waals surface area contributed by atoms with Crippen LogP contribution in [0, 0.1) is 0 Å². The van der Waals surface area contributed by atoms with Crippen LogP contribution in [0.25, 0.3) is 0 Å². The fourth-order valence-corrected chi connectivity index (χ4v) is 2.50. The molecule has 0 aromatic heterocycles. The molecule has 80 valence electrons. The zero-order chi connectivity index (χ0) is 11.1. The number of hydrogen-bond donors (Lipinski definition) is 1. The quantitative estimate of drug-likeness (QED) is 0.722. The van der Waals surface area contributed by atoms with Gasteiger partial charge in [-0.2, -0.15) is 0 Å². The van der Waals surface area contributed by atoms with E-state index in [0.29, 0.717) is 6.04 Å². The molecule has 4 heteroatoms. The molecule has 2 N–H and O–H groups in total. The Labute approximate surface area is 92.9 Å². The molecule has 0 fully saturated rings. The molecule has 0 heterocycles. The van der Waals surface area contributed by atoms with Crippen molar-refractivity contribution in [3.63, 3.8) is 0 Å². The summed E-state index contributed by atoms with van der Waals surface area (Å²) < 4.78 is 1.45. The molecule has 0 saturated heterocycles. The summed E-state index contributed by atoms with van der Waals surface area (Å²) in [5.74, 6) is 0. The van der Waals surface area contributed by atoms with Gasteiger partial charge in [0.2, 0.25) is 0 Å². The van der Waals surface area contributed by atoms with Gasteiger partial charge in [0.05, 0.1) is 0 Å². The molecule has 1 atom stereocenters. The molecule has 0 amide bonds. The van der Waals surface area contributed by atoms with Crippen LogP contribution in [0.2, 0.25) is 9.38 Å². The van der Waals surface area contributed by atoms with Gasteiger partial charge in [0.15, 0.2) is 0 Å². The first-order chi connectivity index (χ1) is 6.10. The van der Waals surface area contributed by atoms with Gasteiger partial charge in [0.25, 0.3) is 0 Å². The summed E-state index contributed by atoms with van der Waals surface area (Å²) in [5, 5.41) is 17.9. The zero-order valence-corrected chi connectivity index (χ0v) is 12.2. The summed E-state index contributed by atoms with van der Waals surface area (Å²) in [7, 11) is 0. The Morgan fingerprint density at radius 2 is 1.54 bits per heavy atom. The second-order valence-corrected chi connectivity index (χ2v) is 5.89. The SMILES string of the molecule is CC[O-].CC[O-].[CH3][Sn+2][CH2]CC(C)N. The van der Waals surface area contributed by atoms with Crippen LogP contribution >= 0.6 is 0 Å².